The van der Waals surface area contributed by atoms with Gasteiger partial charge in [0, 0.05) is 13.1 Å². The highest BCUT2D eigenvalue weighted by Gasteiger charge is 2.23. The van der Waals surface area contributed by atoms with Gasteiger partial charge in [-0.1, -0.05) is 32.6 Å². The molecule has 0 aromatic carbocycles. The molecule has 3 heteroatoms. The average molecular weight is 241 g/mol. The zero-order chi connectivity index (χ0) is 12.7. The third-order valence-electron chi connectivity index (χ3n) is 3.43. The lowest BCUT2D eigenvalue weighted by atomic mass is 9.91. The Balaban J connectivity index is 2.18. The predicted molar refractivity (Wildman–Crippen MR) is 70.1 cm³/mol. The fourth-order valence-corrected chi connectivity index (χ4v) is 2.36. The van der Waals surface area contributed by atoms with Crippen molar-refractivity contribution in [1.29, 1.82) is 0 Å². The summed E-state index contributed by atoms with van der Waals surface area (Å²) in [6.45, 7) is 7.79. The predicted octanol–water partition coefficient (Wildman–Crippen LogP) is 3.82. The van der Waals surface area contributed by atoms with Gasteiger partial charge in [0.1, 0.15) is 0 Å². The molecule has 0 atom stereocenters. The van der Waals surface area contributed by atoms with Crippen LogP contribution in [0.25, 0.3) is 0 Å². The van der Waals surface area contributed by atoms with Crippen molar-refractivity contribution >= 4 is 6.09 Å². The van der Waals surface area contributed by atoms with Crippen molar-refractivity contribution in [3.63, 3.8) is 0 Å². The maximum absolute atomic E-state index is 11.7. The maximum Gasteiger partial charge on any atom is 0.410 e. The number of nitrogens with zero attached hydrogens (tertiary/aromatic N) is 1. The third-order valence-corrected chi connectivity index (χ3v) is 3.43. The van der Waals surface area contributed by atoms with Crippen LogP contribution in [0.2, 0.25) is 0 Å². The average Bonchev–Trinajstić information content (AvgIpc) is 2.29. The summed E-state index contributed by atoms with van der Waals surface area (Å²) in [7, 11) is 0. The monoisotopic (exact) mass is 241 g/mol. The molecule has 1 aliphatic rings. The number of rotatable bonds is 5. The number of carbonyl (C=O) groups is 1. The second-order valence-electron chi connectivity index (χ2n) is 5.36. The van der Waals surface area contributed by atoms with Crippen LogP contribution in [-0.4, -0.2) is 30.2 Å². The highest BCUT2D eigenvalue weighted by molar-refractivity contribution is 5.67. The fourth-order valence-electron chi connectivity index (χ4n) is 2.36. The van der Waals surface area contributed by atoms with Gasteiger partial charge in [0.25, 0.3) is 0 Å². The molecule has 0 bridgehead atoms. The van der Waals surface area contributed by atoms with E-state index in [1.165, 1.54) is 25.7 Å². The van der Waals surface area contributed by atoms with Crippen LogP contribution >= 0.6 is 0 Å². The van der Waals surface area contributed by atoms with E-state index in [0.29, 0.717) is 0 Å². The second kappa shape index (κ2) is 7.57. The van der Waals surface area contributed by atoms with E-state index in [2.05, 4.69) is 6.92 Å². The van der Waals surface area contributed by atoms with Crippen LogP contribution < -0.4 is 0 Å². The molecule has 1 heterocycles. The van der Waals surface area contributed by atoms with Crippen molar-refractivity contribution < 1.29 is 9.53 Å². The lowest BCUT2D eigenvalue weighted by Crippen LogP contribution is -2.39. The van der Waals surface area contributed by atoms with Gasteiger partial charge in [0.2, 0.25) is 0 Å². The molecule has 17 heavy (non-hydrogen) atoms. The highest BCUT2D eigenvalue weighted by Crippen LogP contribution is 2.23. The van der Waals surface area contributed by atoms with E-state index in [4.69, 9.17) is 4.74 Å². The number of likely N-dealkylation sites (tertiary alicyclic amines) is 1. The molecule has 1 amide bonds. The SMILES string of the molecule is CCCCCC1CCN(C(=O)OC(C)C)CC1. The van der Waals surface area contributed by atoms with Crippen molar-refractivity contribution in [3.8, 4) is 0 Å². The summed E-state index contributed by atoms with van der Waals surface area (Å²) in [6, 6.07) is 0. The van der Waals surface area contributed by atoms with Crippen LogP contribution in [0.4, 0.5) is 4.79 Å². The second-order valence-corrected chi connectivity index (χ2v) is 5.36. The van der Waals surface area contributed by atoms with Crippen molar-refractivity contribution in [3.05, 3.63) is 0 Å². The summed E-state index contributed by atoms with van der Waals surface area (Å²) in [5.74, 6) is 0.824. The zero-order valence-corrected chi connectivity index (χ0v) is 11.6. The van der Waals surface area contributed by atoms with E-state index < -0.39 is 0 Å². The lowest BCUT2D eigenvalue weighted by molar-refractivity contribution is 0.0646. The summed E-state index contributed by atoms with van der Waals surface area (Å²) in [5.41, 5.74) is 0. The van der Waals surface area contributed by atoms with Gasteiger partial charge in [-0.15, -0.1) is 0 Å². The summed E-state index contributed by atoms with van der Waals surface area (Å²) in [6.07, 6.45) is 7.47. The van der Waals surface area contributed by atoms with Gasteiger partial charge in [0.15, 0.2) is 0 Å². The number of amides is 1. The van der Waals surface area contributed by atoms with Crippen LogP contribution in [0.15, 0.2) is 0 Å². The molecule has 100 valence electrons. The van der Waals surface area contributed by atoms with Gasteiger partial charge >= 0.3 is 6.09 Å². The largest absolute Gasteiger partial charge is 0.447 e. The minimum absolute atomic E-state index is 0.00947. The number of hydrogen-bond donors (Lipinski definition) is 0. The Hall–Kier alpha value is -0.730. The smallest absolute Gasteiger partial charge is 0.410 e. The van der Waals surface area contributed by atoms with Gasteiger partial charge in [-0.05, 0) is 32.6 Å². The van der Waals surface area contributed by atoms with Crippen molar-refractivity contribution in [2.24, 2.45) is 5.92 Å². The normalized spacial score (nSPS) is 17.5. The molecular weight excluding hydrogens is 214 g/mol. The minimum Gasteiger partial charge on any atom is -0.447 e. The summed E-state index contributed by atoms with van der Waals surface area (Å²) < 4.78 is 5.21. The molecule has 1 rings (SSSR count). The Bertz CT molecular complexity index is 220. The quantitative estimate of drug-likeness (QED) is 0.685. The number of carbonyl (C=O) groups excluding carboxylic acids is 1. The van der Waals surface area contributed by atoms with Gasteiger partial charge in [-0.2, -0.15) is 0 Å². The molecule has 0 unspecified atom stereocenters. The molecule has 3 nitrogen and oxygen atoms in total. The maximum atomic E-state index is 11.7. The van der Waals surface area contributed by atoms with E-state index in [9.17, 15) is 4.79 Å². The first-order chi connectivity index (χ1) is 8.13. The molecule has 1 fully saturated rings. The van der Waals surface area contributed by atoms with Gasteiger partial charge in [0.05, 0.1) is 6.10 Å². The van der Waals surface area contributed by atoms with Gasteiger partial charge in [-0.25, -0.2) is 4.79 Å². The molecule has 0 aromatic heterocycles. The van der Waals surface area contributed by atoms with Crippen molar-refractivity contribution in [2.45, 2.75) is 65.4 Å². The van der Waals surface area contributed by atoms with Crippen LogP contribution in [-0.2, 0) is 4.74 Å². The van der Waals surface area contributed by atoms with Gasteiger partial charge < -0.3 is 9.64 Å². The first-order valence-electron chi connectivity index (χ1n) is 7.09. The van der Waals surface area contributed by atoms with Crippen molar-refractivity contribution in [2.75, 3.05) is 13.1 Å². The van der Waals surface area contributed by atoms with E-state index >= 15 is 0 Å². The van der Waals surface area contributed by atoms with Crippen LogP contribution in [0, 0.1) is 5.92 Å². The Labute approximate surface area is 106 Å². The molecule has 0 radical (unpaired) electrons. The topological polar surface area (TPSA) is 29.5 Å². The first-order valence-corrected chi connectivity index (χ1v) is 7.09. The summed E-state index contributed by atoms with van der Waals surface area (Å²) >= 11 is 0. The fraction of sp³-hybridized carbons (Fsp3) is 0.929. The van der Waals surface area contributed by atoms with E-state index in [0.717, 1.165) is 31.8 Å². The van der Waals surface area contributed by atoms with E-state index in [1.807, 2.05) is 18.7 Å². The van der Waals surface area contributed by atoms with Crippen LogP contribution in [0.1, 0.15) is 59.3 Å². The van der Waals surface area contributed by atoms with E-state index in [-0.39, 0.29) is 12.2 Å². The van der Waals surface area contributed by atoms with Crippen LogP contribution in [0.3, 0.4) is 0 Å². The molecule has 0 saturated carbocycles. The number of unbranched alkanes of at least 4 members (excludes halogenated alkanes) is 2. The lowest BCUT2D eigenvalue weighted by Gasteiger charge is -2.31. The number of hydrogen-bond acceptors (Lipinski definition) is 2. The van der Waals surface area contributed by atoms with Crippen LogP contribution in [0.5, 0.6) is 0 Å². The summed E-state index contributed by atoms with van der Waals surface area (Å²) in [5, 5.41) is 0. The molecule has 0 spiro atoms. The molecule has 0 N–H and O–H groups in total. The van der Waals surface area contributed by atoms with Gasteiger partial charge in [-0.3, -0.25) is 0 Å². The third kappa shape index (κ3) is 5.42. The Morgan fingerprint density at radius 3 is 2.47 bits per heavy atom. The molecule has 1 saturated heterocycles. The first kappa shape index (κ1) is 14.3. The summed E-state index contributed by atoms with van der Waals surface area (Å²) in [4.78, 5) is 13.5. The molecule has 1 aliphatic heterocycles. The number of piperidine rings is 1. The van der Waals surface area contributed by atoms with E-state index in [1.54, 1.807) is 0 Å². The standard InChI is InChI=1S/C14H27NO2/c1-4-5-6-7-13-8-10-15(11-9-13)14(16)17-12(2)3/h12-13H,4-11H2,1-3H3. The zero-order valence-electron chi connectivity index (χ0n) is 11.6. The Morgan fingerprint density at radius 1 is 1.29 bits per heavy atom. The molecule has 0 aromatic rings. The molecular formula is C14H27NO2. The molecule has 0 aliphatic carbocycles. The Kier molecular flexibility index (Phi) is 6.38. The minimum atomic E-state index is -0.132. The highest BCUT2D eigenvalue weighted by atomic mass is 16.6. The number of ether oxygens (including phenoxy) is 1. The van der Waals surface area contributed by atoms with Crippen molar-refractivity contribution in [1.82, 2.24) is 4.90 Å². The Morgan fingerprint density at radius 2 is 1.94 bits per heavy atom.